The van der Waals surface area contributed by atoms with Crippen molar-refractivity contribution in [3.8, 4) is 0 Å². The molecule has 1 amide bonds. The zero-order valence-corrected chi connectivity index (χ0v) is 14.4. The molecular formula is C19H25N3O3. The van der Waals surface area contributed by atoms with E-state index < -0.39 is 0 Å². The summed E-state index contributed by atoms with van der Waals surface area (Å²) in [6.07, 6.45) is 6.18. The molecule has 0 spiro atoms. The molecule has 6 nitrogen and oxygen atoms in total. The number of carbonyl (C=O) groups is 1. The lowest BCUT2D eigenvalue weighted by Crippen LogP contribution is -2.44. The number of amides is 1. The van der Waals surface area contributed by atoms with Gasteiger partial charge in [0, 0.05) is 12.6 Å². The number of aliphatic hydroxyl groups is 1. The highest BCUT2D eigenvalue weighted by Gasteiger charge is 2.26. The standard InChI is InChI=1S/C19H25N3O3/c23-15-10-8-14(9-11-15)20-18(24)22-17-7-2-1-6-16(17)21(19(22)25)12-13-4-3-5-13/h1-2,6-7,13-15,23H,3-5,8-12H2,(H,20,24). The maximum Gasteiger partial charge on any atom is 0.337 e. The number of benzene rings is 1. The van der Waals surface area contributed by atoms with Crippen molar-refractivity contribution in [1.82, 2.24) is 14.5 Å². The minimum absolute atomic E-state index is 0.0246. The number of para-hydroxylation sites is 2. The van der Waals surface area contributed by atoms with E-state index in [1.807, 2.05) is 24.3 Å². The fraction of sp³-hybridized carbons (Fsp3) is 0.579. The van der Waals surface area contributed by atoms with Crippen LogP contribution in [0.3, 0.4) is 0 Å². The smallest absolute Gasteiger partial charge is 0.337 e. The number of hydrogen-bond donors (Lipinski definition) is 2. The second-order valence-corrected chi connectivity index (χ2v) is 7.47. The van der Waals surface area contributed by atoms with E-state index in [-0.39, 0.29) is 23.9 Å². The summed E-state index contributed by atoms with van der Waals surface area (Å²) in [5.41, 5.74) is 1.25. The van der Waals surface area contributed by atoms with Crippen LogP contribution in [0.4, 0.5) is 4.79 Å². The summed E-state index contributed by atoms with van der Waals surface area (Å²) < 4.78 is 3.03. The first kappa shape index (κ1) is 16.4. The molecule has 1 aromatic carbocycles. The van der Waals surface area contributed by atoms with E-state index in [2.05, 4.69) is 5.32 Å². The van der Waals surface area contributed by atoms with Crippen molar-refractivity contribution in [2.75, 3.05) is 0 Å². The molecule has 2 aliphatic rings. The van der Waals surface area contributed by atoms with Crippen LogP contribution in [0.1, 0.15) is 44.9 Å². The molecule has 2 aliphatic carbocycles. The maximum absolute atomic E-state index is 12.9. The molecular weight excluding hydrogens is 318 g/mol. The van der Waals surface area contributed by atoms with Crippen molar-refractivity contribution in [3.05, 3.63) is 34.7 Å². The average Bonchev–Trinajstić information content (AvgIpc) is 2.85. The largest absolute Gasteiger partial charge is 0.393 e. The number of aliphatic hydroxyl groups excluding tert-OH is 1. The van der Waals surface area contributed by atoms with E-state index in [9.17, 15) is 14.7 Å². The Morgan fingerprint density at radius 3 is 2.40 bits per heavy atom. The fourth-order valence-corrected chi connectivity index (χ4v) is 3.97. The number of imidazole rings is 1. The molecule has 2 fully saturated rings. The van der Waals surface area contributed by atoms with E-state index in [4.69, 9.17) is 0 Å². The first-order valence-electron chi connectivity index (χ1n) is 9.32. The molecule has 0 bridgehead atoms. The Labute approximate surface area is 146 Å². The highest BCUT2D eigenvalue weighted by atomic mass is 16.3. The number of carbonyl (C=O) groups excluding carboxylic acids is 1. The van der Waals surface area contributed by atoms with Gasteiger partial charge in [0.1, 0.15) is 0 Å². The van der Waals surface area contributed by atoms with Gasteiger partial charge in [-0.3, -0.25) is 4.57 Å². The molecule has 4 rings (SSSR count). The Kier molecular flexibility index (Phi) is 4.37. The highest BCUT2D eigenvalue weighted by Crippen LogP contribution is 2.28. The van der Waals surface area contributed by atoms with Gasteiger partial charge in [0.05, 0.1) is 17.1 Å². The summed E-state index contributed by atoms with van der Waals surface area (Å²) in [4.78, 5) is 25.7. The maximum atomic E-state index is 12.9. The van der Waals surface area contributed by atoms with Crippen LogP contribution in [0.5, 0.6) is 0 Å². The molecule has 2 aromatic rings. The lowest BCUT2D eigenvalue weighted by atomic mass is 9.85. The van der Waals surface area contributed by atoms with Crippen molar-refractivity contribution in [2.24, 2.45) is 5.92 Å². The zero-order chi connectivity index (χ0) is 17.4. The molecule has 2 N–H and O–H groups in total. The normalized spacial score (nSPS) is 24.2. The number of aromatic nitrogens is 2. The second-order valence-electron chi connectivity index (χ2n) is 7.47. The van der Waals surface area contributed by atoms with Gasteiger partial charge >= 0.3 is 11.7 Å². The minimum Gasteiger partial charge on any atom is -0.393 e. The summed E-state index contributed by atoms with van der Waals surface area (Å²) in [5.74, 6) is 0.542. The van der Waals surface area contributed by atoms with Crippen LogP contribution in [-0.2, 0) is 6.54 Å². The third-order valence-corrected chi connectivity index (χ3v) is 5.73. The molecule has 0 radical (unpaired) electrons. The van der Waals surface area contributed by atoms with E-state index in [0.717, 1.165) is 31.2 Å². The number of hydrogen-bond acceptors (Lipinski definition) is 3. The Bertz CT molecular complexity index is 826. The van der Waals surface area contributed by atoms with Gasteiger partial charge in [0.25, 0.3) is 0 Å². The van der Waals surface area contributed by atoms with Gasteiger partial charge in [-0.1, -0.05) is 18.6 Å². The highest BCUT2D eigenvalue weighted by molar-refractivity contribution is 5.89. The third-order valence-electron chi connectivity index (χ3n) is 5.73. The van der Waals surface area contributed by atoms with Crippen molar-refractivity contribution >= 4 is 17.1 Å². The number of nitrogens with one attached hydrogen (secondary N) is 1. The topological polar surface area (TPSA) is 76.3 Å². The molecule has 1 aromatic heterocycles. The lowest BCUT2D eigenvalue weighted by molar-refractivity contribution is 0.118. The number of fused-ring (bicyclic) bond motifs is 1. The van der Waals surface area contributed by atoms with Crippen LogP contribution in [0.25, 0.3) is 11.0 Å². The van der Waals surface area contributed by atoms with E-state index in [1.54, 1.807) is 4.57 Å². The van der Waals surface area contributed by atoms with Crippen molar-refractivity contribution in [1.29, 1.82) is 0 Å². The molecule has 2 saturated carbocycles. The van der Waals surface area contributed by atoms with Gasteiger partial charge in [0.15, 0.2) is 0 Å². The first-order valence-corrected chi connectivity index (χ1v) is 9.32. The van der Waals surface area contributed by atoms with Gasteiger partial charge in [-0.05, 0) is 56.6 Å². The second kappa shape index (κ2) is 6.67. The monoisotopic (exact) mass is 343 g/mol. The molecule has 0 unspecified atom stereocenters. The van der Waals surface area contributed by atoms with E-state index in [1.165, 1.54) is 11.0 Å². The Morgan fingerprint density at radius 1 is 1.08 bits per heavy atom. The Balaban J connectivity index is 1.63. The lowest BCUT2D eigenvalue weighted by Gasteiger charge is -2.26. The summed E-state index contributed by atoms with van der Waals surface area (Å²) >= 11 is 0. The SMILES string of the molecule is O=C(NC1CCC(O)CC1)n1c(=O)n(CC2CCC2)c2ccccc21. The van der Waals surface area contributed by atoms with Gasteiger partial charge in [-0.2, -0.15) is 0 Å². The number of nitrogens with zero attached hydrogens (tertiary/aromatic N) is 2. The molecule has 134 valence electrons. The van der Waals surface area contributed by atoms with E-state index >= 15 is 0 Å². The molecule has 1 heterocycles. The van der Waals surface area contributed by atoms with E-state index in [0.29, 0.717) is 30.8 Å². The van der Waals surface area contributed by atoms with Crippen LogP contribution in [0, 0.1) is 5.92 Å². The van der Waals surface area contributed by atoms with Crippen molar-refractivity contribution < 1.29 is 9.90 Å². The Hall–Kier alpha value is -2.08. The predicted octanol–water partition coefficient (Wildman–Crippen LogP) is 2.46. The fourth-order valence-electron chi connectivity index (χ4n) is 3.97. The minimum atomic E-state index is -0.352. The molecule has 25 heavy (non-hydrogen) atoms. The van der Waals surface area contributed by atoms with Gasteiger partial charge in [0.2, 0.25) is 0 Å². The molecule has 0 saturated heterocycles. The molecule has 0 aliphatic heterocycles. The first-order chi connectivity index (χ1) is 12.1. The van der Waals surface area contributed by atoms with Gasteiger partial charge in [-0.25, -0.2) is 14.2 Å². The summed E-state index contributed by atoms with van der Waals surface area (Å²) in [6.45, 7) is 0.690. The van der Waals surface area contributed by atoms with Crippen molar-refractivity contribution in [2.45, 2.75) is 63.6 Å². The quantitative estimate of drug-likeness (QED) is 0.899. The van der Waals surface area contributed by atoms with Gasteiger partial charge in [-0.15, -0.1) is 0 Å². The van der Waals surface area contributed by atoms with Crippen LogP contribution in [0.2, 0.25) is 0 Å². The van der Waals surface area contributed by atoms with Crippen LogP contribution >= 0.6 is 0 Å². The Morgan fingerprint density at radius 2 is 1.76 bits per heavy atom. The van der Waals surface area contributed by atoms with Gasteiger partial charge < -0.3 is 10.4 Å². The van der Waals surface area contributed by atoms with Crippen LogP contribution in [0.15, 0.2) is 29.1 Å². The summed E-state index contributed by atoms with van der Waals surface area (Å²) in [6, 6.07) is 7.18. The summed E-state index contributed by atoms with van der Waals surface area (Å²) in [7, 11) is 0. The summed E-state index contributed by atoms with van der Waals surface area (Å²) in [5, 5.41) is 12.6. The van der Waals surface area contributed by atoms with Crippen molar-refractivity contribution in [3.63, 3.8) is 0 Å². The van der Waals surface area contributed by atoms with Crippen LogP contribution in [-0.4, -0.2) is 32.4 Å². The third kappa shape index (κ3) is 3.11. The molecule has 6 heteroatoms. The molecule has 0 atom stereocenters. The predicted molar refractivity (Wildman–Crippen MR) is 95.7 cm³/mol. The van der Waals surface area contributed by atoms with Crippen LogP contribution < -0.4 is 11.0 Å². The average molecular weight is 343 g/mol. The zero-order valence-electron chi connectivity index (χ0n) is 14.4. The number of rotatable bonds is 3.